The van der Waals surface area contributed by atoms with Crippen molar-refractivity contribution < 1.29 is 0 Å². The second kappa shape index (κ2) is 5.38. The van der Waals surface area contributed by atoms with Gasteiger partial charge in [-0.3, -0.25) is 0 Å². The number of hydrogen-bond donors (Lipinski definition) is 0. The maximum atomic E-state index is 5.55. The fourth-order valence-corrected chi connectivity index (χ4v) is 0.770. The van der Waals surface area contributed by atoms with Gasteiger partial charge in [0.1, 0.15) is 0 Å². The SMILES string of the molecule is [B][B]B(B([B])[B])B([B])B([B])[B]. The molecule has 11 heavy (non-hydrogen) atoms. The van der Waals surface area contributed by atoms with Gasteiger partial charge in [-0.15, -0.1) is 0 Å². The molecule has 0 aliphatic heterocycles. The molecular weight excluding hydrogens is 119 g/mol. The molecule has 0 saturated carbocycles. The molecule has 0 N–H and O–H groups in total. The van der Waals surface area contributed by atoms with Crippen molar-refractivity contribution >= 4 is 79.0 Å². The van der Waals surface area contributed by atoms with Gasteiger partial charge >= 0.3 is 0 Å². The molecule has 0 nitrogen and oxygen atoms in total. The summed E-state index contributed by atoms with van der Waals surface area (Å²) >= 11 is 0. The highest BCUT2D eigenvalue weighted by molar-refractivity contribution is 8.00. The molecule has 0 bridgehead atoms. The van der Waals surface area contributed by atoms with E-state index in [0.29, 0.717) is 0 Å². The van der Waals surface area contributed by atoms with Gasteiger partial charge in [0.2, 0.25) is 0 Å². The Morgan fingerprint density at radius 2 is 1.27 bits per heavy atom. The monoisotopic (exact) mass is 121 g/mol. The van der Waals surface area contributed by atoms with Crippen LogP contribution in [0.3, 0.4) is 0 Å². The van der Waals surface area contributed by atoms with Crippen LogP contribution in [0.1, 0.15) is 0 Å². The van der Waals surface area contributed by atoms with Crippen LogP contribution in [0.15, 0.2) is 0 Å². The third kappa shape index (κ3) is 3.76. The Labute approximate surface area is 79.4 Å². The molecule has 13 radical (unpaired) electrons. The summed E-state index contributed by atoms with van der Waals surface area (Å²) in [5, 5.41) is 0. The van der Waals surface area contributed by atoms with E-state index in [2.05, 4.69) is 0 Å². The highest BCUT2D eigenvalue weighted by Crippen LogP contribution is 1.87. The summed E-state index contributed by atoms with van der Waals surface area (Å²) in [6.45, 7) is 0. The second-order valence-electron chi connectivity index (χ2n) is 2.50. The average Bonchev–Trinajstić information content (AvgIpc) is 1.88. The standard InChI is InChI=1S/B11/c1-7-11(9(4)5)10(6)8(2)3. The summed E-state index contributed by atoms with van der Waals surface area (Å²) in [7, 11) is 33.5. The topological polar surface area (TPSA) is 0 Å². The Morgan fingerprint density at radius 1 is 0.818 bits per heavy atom. The minimum absolute atomic E-state index is 0.352. The van der Waals surface area contributed by atoms with Crippen molar-refractivity contribution in [1.82, 2.24) is 0 Å². The van der Waals surface area contributed by atoms with Crippen LogP contribution in [0.2, 0.25) is 0 Å². The quantitative estimate of drug-likeness (QED) is 0.329. The van der Waals surface area contributed by atoms with Crippen molar-refractivity contribution in [2.24, 2.45) is 0 Å². The molecule has 0 atom stereocenters. The largest absolute Gasteiger partial charge is 0 e. The van der Waals surface area contributed by atoms with Crippen LogP contribution < -0.4 is 0 Å². The summed E-state index contributed by atoms with van der Waals surface area (Å²) in [5.74, 6) is 0. The van der Waals surface area contributed by atoms with Crippen LogP contribution in [0.4, 0.5) is 0 Å². The van der Waals surface area contributed by atoms with Gasteiger partial charge in [0, 0.05) is 79.0 Å². The lowest BCUT2D eigenvalue weighted by atomic mass is 8.57. The van der Waals surface area contributed by atoms with Gasteiger partial charge in [-0.1, -0.05) is 0 Å². The molecule has 0 aliphatic rings. The van der Waals surface area contributed by atoms with Crippen LogP contribution in [0.5, 0.6) is 0 Å². The van der Waals surface area contributed by atoms with E-state index in [9.17, 15) is 0 Å². The highest BCUT2D eigenvalue weighted by Gasteiger charge is 2.25. The lowest BCUT2D eigenvalue weighted by Gasteiger charge is -2.24. The molecule has 0 amide bonds. The van der Waals surface area contributed by atoms with E-state index in [4.69, 9.17) is 46.4 Å². The molecule has 33 valence electrons. The predicted octanol–water partition coefficient (Wildman–Crippen LogP) is -4.19. The smallest absolute Gasteiger partial charge is 0 e. The second-order valence-corrected chi connectivity index (χ2v) is 2.50. The first kappa shape index (κ1) is 11.7. The minimum atomic E-state index is -0.658. The van der Waals surface area contributed by atoms with E-state index in [0.717, 1.165) is 0 Å². The van der Waals surface area contributed by atoms with Gasteiger partial charge in [-0.25, -0.2) is 0 Å². The highest BCUT2D eigenvalue weighted by atomic mass is 13.1. The first-order chi connectivity index (χ1) is 5.00. The van der Waals surface area contributed by atoms with Crippen molar-refractivity contribution in [2.45, 2.75) is 0 Å². The number of rotatable bonds is 4. The Morgan fingerprint density at radius 3 is 1.36 bits per heavy atom. The maximum Gasteiger partial charge on any atom is 0 e. The Kier molecular flexibility index (Phi) is 5.72. The molecule has 0 spiro atoms. The zero-order chi connectivity index (χ0) is 9.02. The normalized spacial score (nSPS) is 8.36. The van der Waals surface area contributed by atoms with E-state index in [-0.39, 0.29) is 6.39 Å². The van der Waals surface area contributed by atoms with Gasteiger partial charge in [0.15, 0.2) is 0 Å². The predicted molar refractivity (Wildman–Crippen MR) is 63.3 cm³/mol. The minimum Gasteiger partial charge on any atom is 0 e. The molecule has 0 aromatic rings. The molecule has 0 rings (SSSR count). The first-order valence-electron chi connectivity index (χ1n) is 3.33. The molecular formula is B11. The zero-order valence-electron chi connectivity index (χ0n) is 6.35. The fourth-order valence-electron chi connectivity index (χ4n) is 0.770. The lowest BCUT2D eigenvalue weighted by Crippen LogP contribution is -2.62. The number of hydrogen-bond acceptors (Lipinski definition) is 0. The molecule has 0 saturated heterocycles. The van der Waals surface area contributed by atoms with Crippen molar-refractivity contribution in [1.29, 1.82) is 0 Å². The Hall–Kier alpha value is 0.714. The maximum absolute atomic E-state index is 5.55. The van der Waals surface area contributed by atoms with E-state index in [1.807, 2.05) is 0 Å². The molecule has 0 aliphatic carbocycles. The molecule has 0 aromatic heterocycles. The molecule has 0 fully saturated rings. The zero-order valence-corrected chi connectivity index (χ0v) is 6.35. The van der Waals surface area contributed by atoms with Gasteiger partial charge in [-0.2, -0.15) is 0 Å². The summed E-state index contributed by atoms with van der Waals surface area (Å²) in [6.07, 6.45) is -2.13. The molecule has 11 heteroatoms. The van der Waals surface area contributed by atoms with Gasteiger partial charge in [-0.05, 0) is 0 Å². The van der Waals surface area contributed by atoms with E-state index < -0.39 is 19.2 Å². The van der Waals surface area contributed by atoms with E-state index in [1.165, 1.54) is 7.06 Å². The van der Waals surface area contributed by atoms with Crippen molar-refractivity contribution in [2.75, 3.05) is 0 Å². The summed E-state index contributed by atoms with van der Waals surface area (Å²) in [6, 6.07) is 0. The van der Waals surface area contributed by atoms with Gasteiger partial charge in [0.05, 0.1) is 0 Å². The van der Waals surface area contributed by atoms with Crippen LogP contribution in [0, 0.1) is 0 Å². The molecule has 0 unspecified atom stereocenters. The van der Waals surface area contributed by atoms with Crippen molar-refractivity contribution in [3.8, 4) is 0 Å². The third-order valence-corrected chi connectivity index (χ3v) is 1.56. The van der Waals surface area contributed by atoms with Gasteiger partial charge < -0.3 is 0 Å². The van der Waals surface area contributed by atoms with E-state index >= 15 is 0 Å². The Bertz CT molecular complexity index is 92.2. The van der Waals surface area contributed by atoms with Crippen LogP contribution in [0.25, 0.3) is 0 Å². The first-order valence-corrected chi connectivity index (χ1v) is 3.33. The van der Waals surface area contributed by atoms with E-state index in [1.54, 1.807) is 0 Å². The average molecular weight is 119 g/mol. The summed E-state index contributed by atoms with van der Waals surface area (Å²) in [4.78, 5) is 0. The van der Waals surface area contributed by atoms with Gasteiger partial charge in [0.25, 0.3) is 0 Å². The van der Waals surface area contributed by atoms with Crippen LogP contribution in [-0.2, 0) is 0 Å². The molecule has 0 aromatic carbocycles. The Balaban J connectivity index is 4.02. The molecule has 0 heterocycles. The van der Waals surface area contributed by atoms with Crippen molar-refractivity contribution in [3.63, 3.8) is 0 Å². The summed E-state index contributed by atoms with van der Waals surface area (Å²) < 4.78 is 0. The third-order valence-electron chi connectivity index (χ3n) is 1.56. The van der Waals surface area contributed by atoms with Crippen molar-refractivity contribution in [3.05, 3.63) is 0 Å². The lowest BCUT2D eigenvalue weighted by molar-refractivity contribution is 3.51. The summed E-state index contributed by atoms with van der Waals surface area (Å²) in [5.41, 5.74) is 0. The van der Waals surface area contributed by atoms with Crippen LogP contribution in [-0.4, -0.2) is 79.0 Å². The van der Waals surface area contributed by atoms with Crippen LogP contribution >= 0.6 is 0 Å². The fraction of sp³-hybridized carbons (Fsp3) is 0.